The van der Waals surface area contributed by atoms with Gasteiger partial charge in [0.25, 0.3) is 0 Å². The SMILES string of the molecule is CC(C)c1ccccc1CNC(=O)N1CCCC(n2cc(CO)nn2)C1. The maximum absolute atomic E-state index is 12.6. The minimum absolute atomic E-state index is 0.0456. The molecule has 0 saturated carbocycles. The van der Waals surface area contributed by atoms with Crippen molar-refractivity contribution in [2.24, 2.45) is 0 Å². The van der Waals surface area contributed by atoms with Crippen LogP contribution >= 0.6 is 0 Å². The van der Waals surface area contributed by atoms with E-state index >= 15 is 0 Å². The number of carbonyl (C=O) groups excluding carboxylic acids is 1. The van der Waals surface area contributed by atoms with Crippen LogP contribution in [0.4, 0.5) is 4.79 Å². The largest absolute Gasteiger partial charge is 0.390 e. The van der Waals surface area contributed by atoms with Crippen molar-refractivity contribution in [3.8, 4) is 0 Å². The van der Waals surface area contributed by atoms with E-state index < -0.39 is 0 Å². The molecule has 1 aromatic carbocycles. The van der Waals surface area contributed by atoms with E-state index in [1.807, 2.05) is 17.0 Å². The van der Waals surface area contributed by atoms with Gasteiger partial charge in [-0.1, -0.05) is 43.3 Å². The summed E-state index contributed by atoms with van der Waals surface area (Å²) in [5.74, 6) is 0.426. The lowest BCUT2D eigenvalue weighted by Gasteiger charge is -2.32. The third kappa shape index (κ3) is 4.22. The number of aromatic nitrogens is 3. The van der Waals surface area contributed by atoms with E-state index in [4.69, 9.17) is 5.11 Å². The molecule has 1 unspecified atom stereocenters. The van der Waals surface area contributed by atoms with Gasteiger partial charge in [-0.3, -0.25) is 0 Å². The molecule has 0 radical (unpaired) electrons. The number of piperidine rings is 1. The quantitative estimate of drug-likeness (QED) is 0.861. The average molecular weight is 357 g/mol. The Bertz CT molecular complexity index is 743. The Kier molecular flexibility index (Phi) is 5.88. The van der Waals surface area contributed by atoms with Gasteiger partial charge >= 0.3 is 6.03 Å². The van der Waals surface area contributed by atoms with E-state index in [0.717, 1.165) is 24.9 Å². The van der Waals surface area contributed by atoms with Crippen molar-refractivity contribution in [2.45, 2.75) is 51.8 Å². The van der Waals surface area contributed by atoms with E-state index in [1.54, 1.807) is 10.9 Å². The Labute approximate surface area is 154 Å². The maximum Gasteiger partial charge on any atom is 0.317 e. The minimum atomic E-state index is -0.119. The molecule has 1 aliphatic rings. The number of carbonyl (C=O) groups is 1. The second-order valence-corrected chi connectivity index (χ2v) is 7.10. The van der Waals surface area contributed by atoms with Crippen LogP contribution < -0.4 is 5.32 Å². The molecule has 1 fully saturated rings. The van der Waals surface area contributed by atoms with Gasteiger partial charge in [0.15, 0.2) is 0 Å². The first-order valence-corrected chi connectivity index (χ1v) is 9.20. The summed E-state index contributed by atoms with van der Waals surface area (Å²) in [6.07, 6.45) is 3.63. The van der Waals surface area contributed by atoms with Crippen molar-refractivity contribution < 1.29 is 9.90 Å². The first kappa shape index (κ1) is 18.4. The first-order chi connectivity index (χ1) is 12.6. The molecule has 0 aliphatic carbocycles. The minimum Gasteiger partial charge on any atom is -0.390 e. The van der Waals surface area contributed by atoms with Crippen LogP contribution in [0.2, 0.25) is 0 Å². The third-order valence-electron chi connectivity index (χ3n) is 4.88. The topological polar surface area (TPSA) is 83.3 Å². The van der Waals surface area contributed by atoms with Gasteiger partial charge in [0.2, 0.25) is 0 Å². The van der Waals surface area contributed by atoms with Crippen molar-refractivity contribution in [1.82, 2.24) is 25.2 Å². The summed E-state index contributed by atoms with van der Waals surface area (Å²) >= 11 is 0. The number of aliphatic hydroxyl groups excluding tert-OH is 1. The summed E-state index contributed by atoms with van der Waals surface area (Å²) in [5, 5.41) is 20.2. The van der Waals surface area contributed by atoms with Gasteiger partial charge in [0, 0.05) is 19.6 Å². The summed E-state index contributed by atoms with van der Waals surface area (Å²) in [6, 6.07) is 8.29. The lowest BCUT2D eigenvalue weighted by molar-refractivity contribution is 0.162. The standard InChI is InChI=1S/C19H27N5O2/c1-14(2)18-8-4-3-6-15(18)10-20-19(26)23-9-5-7-17(12-23)24-11-16(13-25)21-22-24/h3-4,6,8,11,14,17,25H,5,7,9-10,12-13H2,1-2H3,(H,20,26). The highest BCUT2D eigenvalue weighted by Crippen LogP contribution is 2.22. The number of nitrogens with zero attached hydrogens (tertiary/aromatic N) is 4. The average Bonchev–Trinajstić information content (AvgIpc) is 3.15. The zero-order valence-electron chi connectivity index (χ0n) is 15.4. The smallest absolute Gasteiger partial charge is 0.317 e. The molecule has 3 rings (SSSR count). The van der Waals surface area contributed by atoms with Crippen LogP contribution in [0, 0.1) is 0 Å². The number of aliphatic hydroxyl groups is 1. The zero-order valence-corrected chi connectivity index (χ0v) is 15.4. The second kappa shape index (κ2) is 8.31. The Morgan fingerprint density at radius 3 is 2.92 bits per heavy atom. The summed E-state index contributed by atoms with van der Waals surface area (Å²) in [6.45, 7) is 6.09. The monoisotopic (exact) mass is 357 g/mol. The molecule has 1 saturated heterocycles. The van der Waals surface area contributed by atoms with E-state index in [2.05, 4.69) is 41.6 Å². The third-order valence-corrected chi connectivity index (χ3v) is 4.88. The molecule has 7 heteroatoms. The van der Waals surface area contributed by atoms with E-state index in [0.29, 0.717) is 24.7 Å². The predicted octanol–water partition coefficient (Wildman–Crippen LogP) is 2.44. The number of likely N-dealkylation sites (tertiary alicyclic amines) is 1. The number of hydrogen-bond donors (Lipinski definition) is 2. The number of hydrogen-bond acceptors (Lipinski definition) is 4. The molecule has 2 amide bonds. The lowest BCUT2D eigenvalue weighted by Crippen LogP contribution is -2.45. The van der Waals surface area contributed by atoms with Crippen LogP contribution in [-0.4, -0.2) is 44.1 Å². The number of amides is 2. The molecule has 2 N–H and O–H groups in total. The van der Waals surface area contributed by atoms with Crippen molar-refractivity contribution in [3.05, 3.63) is 47.3 Å². The number of benzene rings is 1. The van der Waals surface area contributed by atoms with Gasteiger partial charge in [-0.05, 0) is 29.9 Å². The molecular formula is C19H27N5O2. The lowest BCUT2D eigenvalue weighted by atomic mass is 9.97. The van der Waals surface area contributed by atoms with Crippen molar-refractivity contribution in [3.63, 3.8) is 0 Å². The molecule has 2 aromatic rings. The summed E-state index contributed by atoms with van der Waals surface area (Å²) in [7, 11) is 0. The Morgan fingerprint density at radius 2 is 2.19 bits per heavy atom. The fourth-order valence-electron chi connectivity index (χ4n) is 3.46. The predicted molar refractivity (Wildman–Crippen MR) is 98.6 cm³/mol. The van der Waals surface area contributed by atoms with Gasteiger partial charge < -0.3 is 15.3 Å². The highest BCUT2D eigenvalue weighted by Gasteiger charge is 2.25. The number of rotatable bonds is 5. The van der Waals surface area contributed by atoms with Crippen molar-refractivity contribution in [2.75, 3.05) is 13.1 Å². The van der Waals surface area contributed by atoms with Crippen LogP contribution in [0.5, 0.6) is 0 Å². The maximum atomic E-state index is 12.6. The molecule has 1 aliphatic heterocycles. The molecule has 2 heterocycles. The number of urea groups is 1. The van der Waals surface area contributed by atoms with Gasteiger partial charge in [0.1, 0.15) is 5.69 Å². The van der Waals surface area contributed by atoms with Crippen LogP contribution in [0.25, 0.3) is 0 Å². The summed E-state index contributed by atoms with van der Waals surface area (Å²) in [5.41, 5.74) is 2.98. The molecule has 1 aromatic heterocycles. The highest BCUT2D eigenvalue weighted by atomic mass is 16.3. The molecule has 0 spiro atoms. The first-order valence-electron chi connectivity index (χ1n) is 9.20. The van der Waals surface area contributed by atoms with Gasteiger partial charge in [0.05, 0.1) is 18.8 Å². The molecule has 140 valence electrons. The van der Waals surface area contributed by atoms with E-state index in [9.17, 15) is 4.79 Å². The summed E-state index contributed by atoms with van der Waals surface area (Å²) in [4.78, 5) is 14.5. The van der Waals surface area contributed by atoms with Gasteiger partial charge in [-0.15, -0.1) is 5.10 Å². The highest BCUT2D eigenvalue weighted by molar-refractivity contribution is 5.74. The van der Waals surface area contributed by atoms with E-state index in [-0.39, 0.29) is 18.7 Å². The molecule has 0 bridgehead atoms. The van der Waals surface area contributed by atoms with Crippen LogP contribution in [0.15, 0.2) is 30.5 Å². The molecular weight excluding hydrogens is 330 g/mol. The van der Waals surface area contributed by atoms with E-state index in [1.165, 1.54) is 5.56 Å². The van der Waals surface area contributed by atoms with Crippen LogP contribution in [-0.2, 0) is 13.2 Å². The summed E-state index contributed by atoms with van der Waals surface area (Å²) < 4.78 is 1.76. The Hall–Kier alpha value is -2.41. The normalized spacial score (nSPS) is 17.5. The Balaban J connectivity index is 1.59. The van der Waals surface area contributed by atoms with Crippen LogP contribution in [0.3, 0.4) is 0 Å². The number of nitrogens with one attached hydrogen (secondary N) is 1. The Morgan fingerprint density at radius 1 is 1.38 bits per heavy atom. The van der Waals surface area contributed by atoms with Crippen LogP contribution in [0.1, 0.15) is 55.5 Å². The zero-order chi connectivity index (χ0) is 18.5. The molecule has 7 nitrogen and oxygen atoms in total. The second-order valence-electron chi connectivity index (χ2n) is 7.10. The van der Waals surface area contributed by atoms with Gasteiger partial charge in [-0.25, -0.2) is 9.48 Å². The fraction of sp³-hybridized carbons (Fsp3) is 0.526. The van der Waals surface area contributed by atoms with Gasteiger partial charge in [-0.2, -0.15) is 0 Å². The van der Waals surface area contributed by atoms with Crippen molar-refractivity contribution in [1.29, 1.82) is 0 Å². The fourth-order valence-corrected chi connectivity index (χ4v) is 3.46. The van der Waals surface area contributed by atoms with Crippen molar-refractivity contribution >= 4 is 6.03 Å². The molecule has 26 heavy (non-hydrogen) atoms. The molecule has 1 atom stereocenters.